The Hall–Kier alpha value is -2.73. The van der Waals surface area contributed by atoms with Gasteiger partial charge in [-0.1, -0.05) is 35.9 Å². The second-order valence-corrected chi connectivity index (χ2v) is 9.26. The number of fused-ring (bicyclic) bond motifs is 1. The van der Waals surface area contributed by atoms with Gasteiger partial charge in [0.1, 0.15) is 0 Å². The Labute approximate surface area is 191 Å². The minimum atomic E-state index is -0.0872. The molecule has 2 amide bonds. The van der Waals surface area contributed by atoms with Gasteiger partial charge in [0.15, 0.2) is 11.5 Å². The molecule has 6 nitrogen and oxygen atoms in total. The molecule has 32 heavy (non-hydrogen) atoms. The van der Waals surface area contributed by atoms with Gasteiger partial charge in [0, 0.05) is 24.0 Å². The van der Waals surface area contributed by atoms with Crippen LogP contribution < -0.4 is 20.1 Å². The third-order valence-corrected chi connectivity index (χ3v) is 7.36. The van der Waals surface area contributed by atoms with E-state index in [0.29, 0.717) is 12.6 Å². The summed E-state index contributed by atoms with van der Waals surface area (Å²) in [5.41, 5.74) is 3.72. The molecule has 2 aliphatic rings. The van der Waals surface area contributed by atoms with Crippen LogP contribution in [0.5, 0.6) is 11.5 Å². The minimum absolute atomic E-state index is 0.0872. The number of rotatable bonds is 6. The highest BCUT2D eigenvalue weighted by Crippen LogP contribution is 2.49. The maximum Gasteiger partial charge on any atom is 0.315 e. The number of benzene rings is 2. The zero-order valence-electron chi connectivity index (χ0n) is 19.6. The molecule has 2 fully saturated rings. The lowest BCUT2D eigenvalue weighted by molar-refractivity contribution is 0.154. The van der Waals surface area contributed by atoms with E-state index in [1.54, 1.807) is 14.2 Å². The molecule has 4 rings (SSSR count). The molecule has 2 aromatic rings. The SMILES string of the molecule is COc1ccc([C@@]23CC[C@H](NC(=O)NCc4cccc(C)c4)C[C@H]2N(C)CC3)cc1OC. The van der Waals surface area contributed by atoms with Crippen LogP contribution in [0.2, 0.25) is 0 Å². The van der Waals surface area contributed by atoms with Crippen LogP contribution in [0.1, 0.15) is 42.4 Å². The van der Waals surface area contributed by atoms with Crippen molar-refractivity contribution in [2.45, 2.75) is 56.7 Å². The van der Waals surface area contributed by atoms with Crippen molar-refractivity contribution in [1.29, 1.82) is 0 Å². The monoisotopic (exact) mass is 437 g/mol. The molecule has 6 heteroatoms. The first-order valence-corrected chi connectivity index (χ1v) is 11.5. The molecule has 0 unspecified atom stereocenters. The first kappa shape index (κ1) is 22.5. The van der Waals surface area contributed by atoms with E-state index >= 15 is 0 Å². The first-order valence-electron chi connectivity index (χ1n) is 11.5. The van der Waals surface area contributed by atoms with Crippen LogP contribution in [0.4, 0.5) is 4.79 Å². The highest BCUT2D eigenvalue weighted by Gasteiger charge is 2.50. The largest absolute Gasteiger partial charge is 0.493 e. The molecule has 1 saturated heterocycles. The van der Waals surface area contributed by atoms with E-state index in [-0.39, 0.29) is 17.5 Å². The lowest BCUT2D eigenvalue weighted by Crippen LogP contribution is -2.53. The van der Waals surface area contributed by atoms with Crippen LogP contribution in [-0.2, 0) is 12.0 Å². The van der Waals surface area contributed by atoms with Gasteiger partial charge in [-0.05, 0) is 69.5 Å². The van der Waals surface area contributed by atoms with Crippen LogP contribution in [0.15, 0.2) is 42.5 Å². The highest BCUT2D eigenvalue weighted by molar-refractivity contribution is 5.74. The maximum atomic E-state index is 12.6. The lowest BCUT2D eigenvalue weighted by Gasteiger charge is -2.45. The van der Waals surface area contributed by atoms with Crippen LogP contribution in [0.25, 0.3) is 0 Å². The van der Waals surface area contributed by atoms with Crippen molar-refractivity contribution in [3.05, 3.63) is 59.2 Å². The molecular weight excluding hydrogens is 402 g/mol. The zero-order valence-corrected chi connectivity index (χ0v) is 19.6. The molecule has 0 radical (unpaired) electrons. The molecule has 0 bridgehead atoms. The summed E-state index contributed by atoms with van der Waals surface area (Å²) in [7, 11) is 5.56. The molecule has 1 heterocycles. The molecule has 0 spiro atoms. The quantitative estimate of drug-likeness (QED) is 0.717. The number of methoxy groups -OCH3 is 2. The fourth-order valence-corrected chi connectivity index (χ4v) is 5.64. The number of likely N-dealkylation sites (tertiary alicyclic amines) is 1. The van der Waals surface area contributed by atoms with Crippen LogP contribution in [0.3, 0.4) is 0 Å². The molecule has 3 atom stereocenters. The van der Waals surface area contributed by atoms with Gasteiger partial charge in [-0.25, -0.2) is 4.79 Å². The minimum Gasteiger partial charge on any atom is -0.493 e. The Morgan fingerprint density at radius 1 is 1.12 bits per heavy atom. The van der Waals surface area contributed by atoms with E-state index in [9.17, 15) is 4.79 Å². The van der Waals surface area contributed by atoms with E-state index in [2.05, 4.69) is 53.8 Å². The van der Waals surface area contributed by atoms with Crippen molar-refractivity contribution in [2.24, 2.45) is 0 Å². The predicted molar refractivity (Wildman–Crippen MR) is 126 cm³/mol. The molecule has 2 aromatic carbocycles. The van der Waals surface area contributed by atoms with Crippen molar-refractivity contribution < 1.29 is 14.3 Å². The topological polar surface area (TPSA) is 62.8 Å². The molecule has 2 N–H and O–H groups in total. The third-order valence-electron chi connectivity index (χ3n) is 7.36. The van der Waals surface area contributed by atoms with Gasteiger partial charge in [0.05, 0.1) is 14.2 Å². The summed E-state index contributed by atoms with van der Waals surface area (Å²) in [5, 5.41) is 6.24. The van der Waals surface area contributed by atoms with Crippen LogP contribution in [-0.4, -0.2) is 50.8 Å². The maximum absolute atomic E-state index is 12.6. The number of carbonyl (C=O) groups is 1. The van der Waals surface area contributed by atoms with E-state index in [0.717, 1.165) is 49.3 Å². The molecule has 1 aliphatic carbocycles. The van der Waals surface area contributed by atoms with Gasteiger partial charge in [0.25, 0.3) is 0 Å². The summed E-state index contributed by atoms with van der Waals surface area (Å²) in [6.45, 7) is 3.67. The fourth-order valence-electron chi connectivity index (χ4n) is 5.64. The molecule has 1 saturated carbocycles. The average Bonchev–Trinajstić information content (AvgIpc) is 3.14. The number of likely N-dealkylation sites (N-methyl/N-ethyl adjacent to an activating group) is 1. The average molecular weight is 438 g/mol. The lowest BCUT2D eigenvalue weighted by atomic mass is 9.65. The Balaban J connectivity index is 1.42. The smallest absolute Gasteiger partial charge is 0.315 e. The highest BCUT2D eigenvalue weighted by atomic mass is 16.5. The Morgan fingerprint density at radius 2 is 1.94 bits per heavy atom. The number of urea groups is 1. The number of aryl methyl sites for hydroxylation is 1. The van der Waals surface area contributed by atoms with E-state index in [4.69, 9.17) is 9.47 Å². The number of nitrogens with one attached hydrogen (secondary N) is 2. The molecular formula is C26H35N3O3. The van der Waals surface area contributed by atoms with Crippen molar-refractivity contribution in [1.82, 2.24) is 15.5 Å². The van der Waals surface area contributed by atoms with Gasteiger partial charge >= 0.3 is 6.03 Å². The second-order valence-electron chi connectivity index (χ2n) is 9.26. The third kappa shape index (κ3) is 4.42. The van der Waals surface area contributed by atoms with Crippen molar-refractivity contribution in [3.63, 3.8) is 0 Å². The number of carbonyl (C=O) groups excluding carboxylic acids is 1. The summed E-state index contributed by atoms with van der Waals surface area (Å²) < 4.78 is 11.0. The number of ether oxygens (including phenoxy) is 2. The second kappa shape index (κ2) is 9.41. The molecule has 1 aliphatic heterocycles. The zero-order chi connectivity index (χ0) is 22.7. The van der Waals surface area contributed by atoms with Gasteiger partial charge in [-0.2, -0.15) is 0 Å². The summed E-state index contributed by atoms with van der Waals surface area (Å²) >= 11 is 0. The first-order chi connectivity index (χ1) is 15.4. The van der Waals surface area contributed by atoms with Crippen LogP contribution in [0, 0.1) is 6.92 Å². The summed E-state index contributed by atoms with van der Waals surface area (Å²) in [6.07, 6.45) is 4.08. The Bertz CT molecular complexity index is 963. The molecule has 0 aromatic heterocycles. The molecule has 172 valence electrons. The van der Waals surface area contributed by atoms with E-state index in [1.165, 1.54) is 11.1 Å². The fraction of sp³-hybridized carbons (Fsp3) is 0.500. The van der Waals surface area contributed by atoms with E-state index < -0.39 is 0 Å². The number of nitrogens with zero attached hydrogens (tertiary/aromatic N) is 1. The van der Waals surface area contributed by atoms with E-state index in [1.807, 2.05) is 18.2 Å². The van der Waals surface area contributed by atoms with Gasteiger partial charge < -0.3 is 25.0 Å². The van der Waals surface area contributed by atoms with Gasteiger partial charge in [-0.15, -0.1) is 0 Å². The summed E-state index contributed by atoms with van der Waals surface area (Å²) in [5.74, 6) is 1.54. The number of hydrogen-bond acceptors (Lipinski definition) is 4. The normalized spacial score (nSPS) is 25.1. The standard InChI is InChI=1S/C26H35N3O3/c1-18-6-5-7-19(14-18)17-27-25(30)28-21-10-11-26(12-13-29(2)24(26)16-21)20-8-9-22(31-3)23(15-20)32-4/h5-9,14-15,21,24H,10-13,16-17H2,1-4H3,(H2,27,28,30)/t21-,24+,26-/m0/s1. The predicted octanol–water partition coefficient (Wildman–Crippen LogP) is 4.01. The van der Waals surface area contributed by atoms with Crippen LogP contribution >= 0.6 is 0 Å². The van der Waals surface area contributed by atoms with Gasteiger partial charge in [-0.3, -0.25) is 0 Å². The van der Waals surface area contributed by atoms with Crippen molar-refractivity contribution >= 4 is 6.03 Å². The number of amides is 2. The number of hydrogen-bond donors (Lipinski definition) is 2. The Morgan fingerprint density at radius 3 is 2.69 bits per heavy atom. The van der Waals surface area contributed by atoms with Crippen molar-refractivity contribution in [2.75, 3.05) is 27.8 Å². The Kier molecular flexibility index (Phi) is 6.60. The van der Waals surface area contributed by atoms with Crippen molar-refractivity contribution in [3.8, 4) is 11.5 Å². The summed E-state index contributed by atoms with van der Waals surface area (Å²) in [6, 6.07) is 15.1. The summed E-state index contributed by atoms with van der Waals surface area (Å²) in [4.78, 5) is 15.0. The van der Waals surface area contributed by atoms with Gasteiger partial charge in [0.2, 0.25) is 0 Å².